The molecule has 0 saturated carbocycles. The Morgan fingerprint density at radius 3 is 2.81 bits per heavy atom. The summed E-state index contributed by atoms with van der Waals surface area (Å²) >= 11 is 5.81. The van der Waals surface area contributed by atoms with E-state index in [1.54, 1.807) is 24.5 Å². The van der Waals surface area contributed by atoms with Gasteiger partial charge in [-0.1, -0.05) is 13.8 Å². The summed E-state index contributed by atoms with van der Waals surface area (Å²) < 4.78 is 0. The van der Waals surface area contributed by atoms with Crippen LogP contribution in [0, 0.1) is 5.92 Å². The molecule has 0 radical (unpaired) electrons. The van der Waals surface area contributed by atoms with Crippen molar-refractivity contribution in [3.05, 3.63) is 30.1 Å². The van der Waals surface area contributed by atoms with Gasteiger partial charge in [0, 0.05) is 24.3 Å². The number of hydrogen-bond donors (Lipinski definition) is 1. The second kappa shape index (κ2) is 6.48. The fourth-order valence-electron chi connectivity index (χ4n) is 1.50. The van der Waals surface area contributed by atoms with Crippen LogP contribution in [0.3, 0.4) is 0 Å². The fraction of sp³-hybridized carbons (Fsp3) is 0.500. The summed E-state index contributed by atoms with van der Waals surface area (Å²) in [5.74, 6) is 0.835. The number of nitrogens with zero attached hydrogens (tertiary/aromatic N) is 1. The third kappa shape index (κ3) is 4.19. The number of rotatable bonds is 5. The van der Waals surface area contributed by atoms with E-state index in [1.807, 2.05) is 0 Å². The lowest BCUT2D eigenvalue weighted by molar-refractivity contribution is 0.0936. The molecule has 1 aromatic heterocycles. The van der Waals surface area contributed by atoms with Gasteiger partial charge >= 0.3 is 0 Å². The quantitative estimate of drug-likeness (QED) is 0.804. The summed E-state index contributed by atoms with van der Waals surface area (Å²) in [5, 5.41) is 2.90. The zero-order valence-electron chi connectivity index (χ0n) is 9.61. The van der Waals surface area contributed by atoms with E-state index in [2.05, 4.69) is 24.1 Å². The Hall–Kier alpha value is -1.09. The van der Waals surface area contributed by atoms with Crippen LogP contribution in [0.25, 0.3) is 0 Å². The molecule has 1 unspecified atom stereocenters. The maximum absolute atomic E-state index is 11.8. The number of aromatic nitrogens is 1. The number of amides is 1. The zero-order chi connectivity index (χ0) is 12.0. The van der Waals surface area contributed by atoms with Gasteiger partial charge in [-0.3, -0.25) is 9.78 Å². The van der Waals surface area contributed by atoms with Gasteiger partial charge in [-0.25, -0.2) is 0 Å². The topological polar surface area (TPSA) is 42.0 Å². The predicted molar refractivity (Wildman–Crippen MR) is 65.7 cm³/mol. The lowest BCUT2D eigenvalue weighted by Gasteiger charge is -2.17. The molecule has 0 saturated heterocycles. The Morgan fingerprint density at radius 2 is 2.31 bits per heavy atom. The van der Waals surface area contributed by atoms with E-state index in [9.17, 15) is 4.79 Å². The lowest BCUT2D eigenvalue weighted by atomic mass is 10.0. The highest BCUT2D eigenvalue weighted by Gasteiger charge is 2.13. The Bertz CT molecular complexity index is 327. The maximum atomic E-state index is 11.8. The molecule has 1 atom stereocenters. The van der Waals surface area contributed by atoms with Crippen LogP contribution in [0.4, 0.5) is 0 Å². The molecule has 0 aliphatic carbocycles. The van der Waals surface area contributed by atoms with E-state index in [0.29, 0.717) is 17.4 Å². The van der Waals surface area contributed by atoms with Crippen LogP contribution in [0.5, 0.6) is 0 Å². The Morgan fingerprint density at radius 1 is 1.56 bits per heavy atom. The van der Waals surface area contributed by atoms with E-state index >= 15 is 0 Å². The van der Waals surface area contributed by atoms with Crippen molar-refractivity contribution in [3.63, 3.8) is 0 Å². The van der Waals surface area contributed by atoms with Crippen LogP contribution >= 0.6 is 11.6 Å². The monoisotopic (exact) mass is 240 g/mol. The summed E-state index contributed by atoms with van der Waals surface area (Å²) in [6.07, 6.45) is 4.08. The highest BCUT2D eigenvalue weighted by Crippen LogP contribution is 2.07. The van der Waals surface area contributed by atoms with Crippen molar-refractivity contribution in [2.24, 2.45) is 5.92 Å². The number of carbonyl (C=O) groups excluding carboxylic acids is 1. The predicted octanol–water partition coefficient (Wildman–Crippen LogP) is 2.46. The summed E-state index contributed by atoms with van der Waals surface area (Å²) in [4.78, 5) is 15.7. The summed E-state index contributed by atoms with van der Waals surface area (Å²) in [5.41, 5.74) is 0.571. The Labute approximate surface area is 101 Å². The first-order valence-corrected chi connectivity index (χ1v) is 5.93. The number of nitrogens with one attached hydrogen (secondary N) is 1. The molecule has 1 amide bonds. The van der Waals surface area contributed by atoms with E-state index in [-0.39, 0.29) is 11.9 Å². The molecular formula is C12H17ClN2O. The number of alkyl halides is 1. The van der Waals surface area contributed by atoms with Gasteiger partial charge in [-0.15, -0.1) is 11.6 Å². The van der Waals surface area contributed by atoms with Gasteiger partial charge in [-0.05, 0) is 24.5 Å². The first-order valence-electron chi connectivity index (χ1n) is 5.40. The number of halogens is 1. The number of hydrogen-bond acceptors (Lipinski definition) is 2. The second-order valence-electron chi connectivity index (χ2n) is 4.20. The normalized spacial score (nSPS) is 12.5. The van der Waals surface area contributed by atoms with Crippen LogP contribution in [0.15, 0.2) is 24.5 Å². The van der Waals surface area contributed by atoms with Crippen molar-refractivity contribution in [2.45, 2.75) is 26.3 Å². The number of carbonyl (C=O) groups is 1. The lowest BCUT2D eigenvalue weighted by Crippen LogP contribution is -2.37. The molecule has 1 heterocycles. The number of pyridine rings is 1. The average Bonchev–Trinajstić information content (AvgIpc) is 2.28. The fourth-order valence-corrected chi connectivity index (χ4v) is 1.70. The molecule has 0 aliphatic heterocycles. The first-order chi connectivity index (χ1) is 7.63. The van der Waals surface area contributed by atoms with Gasteiger partial charge in [-0.2, -0.15) is 0 Å². The molecule has 0 spiro atoms. The standard InChI is InChI=1S/C12H17ClN2O/c1-9(2)6-11(7-13)15-12(16)10-4-3-5-14-8-10/h3-5,8-9,11H,6-7H2,1-2H3,(H,15,16). The van der Waals surface area contributed by atoms with Crippen molar-refractivity contribution >= 4 is 17.5 Å². The molecule has 0 bridgehead atoms. The SMILES string of the molecule is CC(C)CC(CCl)NC(=O)c1cccnc1. The van der Waals surface area contributed by atoms with Gasteiger partial charge in [0.1, 0.15) is 0 Å². The molecule has 1 aromatic rings. The van der Waals surface area contributed by atoms with E-state index in [1.165, 1.54) is 0 Å². The molecular weight excluding hydrogens is 224 g/mol. The zero-order valence-corrected chi connectivity index (χ0v) is 10.4. The molecule has 0 aromatic carbocycles. The Kier molecular flexibility index (Phi) is 5.26. The minimum atomic E-state index is -0.112. The van der Waals surface area contributed by atoms with Crippen LogP contribution in [0.2, 0.25) is 0 Å². The van der Waals surface area contributed by atoms with Crippen molar-refractivity contribution in [3.8, 4) is 0 Å². The van der Waals surface area contributed by atoms with Crippen molar-refractivity contribution in [1.29, 1.82) is 0 Å². The van der Waals surface area contributed by atoms with Crippen LogP contribution in [-0.4, -0.2) is 22.8 Å². The van der Waals surface area contributed by atoms with Gasteiger partial charge in [0.05, 0.1) is 5.56 Å². The summed E-state index contributed by atoms with van der Waals surface area (Å²) in [7, 11) is 0. The maximum Gasteiger partial charge on any atom is 0.253 e. The molecule has 1 rings (SSSR count). The summed E-state index contributed by atoms with van der Waals surface area (Å²) in [6, 6.07) is 3.50. The van der Waals surface area contributed by atoms with Gasteiger partial charge in [0.25, 0.3) is 5.91 Å². The van der Waals surface area contributed by atoms with Crippen molar-refractivity contribution in [1.82, 2.24) is 10.3 Å². The molecule has 16 heavy (non-hydrogen) atoms. The van der Waals surface area contributed by atoms with E-state index in [0.717, 1.165) is 6.42 Å². The third-order valence-corrected chi connectivity index (χ3v) is 2.57. The molecule has 3 nitrogen and oxygen atoms in total. The molecule has 4 heteroatoms. The first kappa shape index (κ1) is 13.0. The van der Waals surface area contributed by atoms with E-state index in [4.69, 9.17) is 11.6 Å². The largest absolute Gasteiger partial charge is 0.348 e. The van der Waals surface area contributed by atoms with Crippen LogP contribution < -0.4 is 5.32 Å². The minimum Gasteiger partial charge on any atom is -0.348 e. The third-order valence-electron chi connectivity index (χ3n) is 2.20. The van der Waals surface area contributed by atoms with Gasteiger partial charge in [0.2, 0.25) is 0 Å². The highest BCUT2D eigenvalue weighted by atomic mass is 35.5. The Balaban J connectivity index is 2.56. The molecule has 1 N–H and O–H groups in total. The molecule has 88 valence electrons. The summed E-state index contributed by atoms with van der Waals surface area (Å²) in [6.45, 7) is 4.21. The van der Waals surface area contributed by atoms with Crippen molar-refractivity contribution in [2.75, 3.05) is 5.88 Å². The van der Waals surface area contributed by atoms with E-state index < -0.39 is 0 Å². The average molecular weight is 241 g/mol. The minimum absolute atomic E-state index is 0.0226. The van der Waals surface area contributed by atoms with Crippen molar-refractivity contribution < 1.29 is 4.79 Å². The van der Waals surface area contributed by atoms with Crippen LogP contribution in [0.1, 0.15) is 30.6 Å². The van der Waals surface area contributed by atoms with Crippen LogP contribution in [-0.2, 0) is 0 Å². The van der Waals surface area contributed by atoms with Gasteiger partial charge in [0.15, 0.2) is 0 Å². The molecule has 0 fully saturated rings. The molecule has 0 aliphatic rings. The smallest absolute Gasteiger partial charge is 0.253 e. The second-order valence-corrected chi connectivity index (χ2v) is 4.50. The highest BCUT2D eigenvalue weighted by molar-refractivity contribution is 6.18. The van der Waals surface area contributed by atoms with Gasteiger partial charge < -0.3 is 5.32 Å².